The molecule has 84 valence electrons. The fraction of sp³-hybridized carbons (Fsp3) is 0. The fourth-order valence-electron chi connectivity index (χ4n) is 1.87. The highest BCUT2D eigenvalue weighted by molar-refractivity contribution is 5.83. The first kappa shape index (κ1) is 9.72. The average Bonchev–Trinajstić information content (AvgIpc) is 2.72. The molecule has 0 aliphatic carbocycles. The molecule has 0 unspecified atom stereocenters. The minimum absolute atomic E-state index is 0.194. The van der Waals surface area contributed by atoms with Crippen LogP contribution in [0.15, 0.2) is 48.7 Å². The standard InChI is InChI=1S/C13H11N3O/c14-10-6-5-9-8-15-16(12(9)7-10)11-3-1-2-4-13(11)17/h1-8,17H,14H2. The Morgan fingerprint density at radius 2 is 1.94 bits per heavy atom. The first-order chi connectivity index (χ1) is 8.25. The Labute approximate surface area is 97.9 Å². The zero-order valence-electron chi connectivity index (χ0n) is 9.04. The highest BCUT2D eigenvalue weighted by Crippen LogP contribution is 2.25. The van der Waals surface area contributed by atoms with Crippen LogP contribution in [0.25, 0.3) is 16.6 Å². The van der Waals surface area contributed by atoms with E-state index in [9.17, 15) is 5.11 Å². The molecule has 3 aromatic rings. The van der Waals surface area contributed by atoms with Crippen LogP contribution in [0.4, 0.5) is 5.69 Å². The van der Waals surface area contributed by atoms with Gasteiger partial charge in [0, 0.05) is 11.1 Å². The Hall–Kier alpha value is -2.49. The number of fused-ring (bicyclic) bond motifs is 1. The fourth-order valence-corrected chi connectivity index (χ4v) is 1.87. The number of nitrogen functional groups attached to an aromatic ring is 1. The van der Waals surface area contributed by atoms with Gasteiger partial charge in [-0.25, -0.2) is 4.68 Å². The van der Waals surface area contributed by atoms with E-state index >= 15 is 0 Å². The maximum Gasteiger partial charge on any atom is 0.141 e. The van der Waals surface area contributed by atoms with E-state index in [-0.39, 0.29) is 5.75 Å². The van der Waals surface area contributed by atoms with E-state index in [0.29, 0.717) is 11.4 Å². The van der Waals surface area contributed by atoms with E-state index in [1.54, 1.807) is 23.0 Å². The van der Waals surface area contributed by atoms with Crippen molar-refractivity contribution >= 4 is 16.6 Å². The van der Waals surface area contributed by atoms with Crippen LogP contribution in [0, 0.1) is 0 Å². The Balaban J connectivity index is 2.31. The highest BCUT2D eigenvalue weighted by Gasteiger charge is 2.08. The third kappa shape index (κ3) is 1.50. The lowest BCUT2D eigenvalue weighted by atomic mass is 10.2. The van der Waals surface area contributed by atoms with E-state index < -0.39 is 0 Å². The predicted octanol–water partition coefficient (Wildman–Crippen LogP) is 2.31. The van der Waals surface area contributed by atoms with Crippen molar-refractivity contribution in [2.45, 2.75) is 0 Å². The summed E-state index contributed by atoms with van der Waals surface area (Å²) in [7, 11) is 0. The number of phenolic OH excluding ortho intramolecular Hbond substituents is 1. The predicted molar refractivity (Wildman–Crippen MR) is 67.1 cm³/mol. The molecule has 2 aromatic carbocycles. The van der Waals surface area contributed by atoms with Gasteiger partial charge in [-0.3, -0.25) is 0 Å². The molecule has 0 spiro atoms. The van der Waals surface area contributed by atoms with E-state index in [4.69, 9.17) is 5.73 Å². The number of hydrogen-bond donors (Lipinski definition) is 2. The number of aromatic nitrogens is 2. The lowest BCUT2D eigenvalue weighted by Gasteiger charge is -2.05. The molecule has 4 nitrogen and oxygen atoms in total. The molecule has 0 atom stereocenters. The van der Waals surface area contributed by atoms with Gasteiger partial charge >= 0.3 is 0 Å². The molecule has 0 aliphatic heterocycles. The molecular formula is C13H11N3O. The number of anilines is 1. The number of rotatable bonds is 1. The monoisotopic (exact) mass is 225 g/mol. The SMILES string of the molecule is Nc1ccc2cnn(-c3ccccc3O)c2c1. The summed E-state index contributed by atoms with van der Waals surface area (Å²) in [4.78, 5) is 0. The second kappa shape index (κ2) is 3.52. The molecule has 0 radical (unpaired) electrons. The summed E-state index contributed by atoms with van der Waals surface area (Å²) in [6.45, 7) is 0. The quantitative estimate of drug-likeness (QED) is 0.624. The van der Waals surface area contributed by atoms with E-state index in [2.05, 4.69) is 5.10 Å². The van der Waals surface area contributed by atoms with Crippen LogP contribution >= 0.6 is 0 Å². The van der Waals surface area contributed by atoms with Crippen molar-refractivity contribution in [3.8, 4) is 11.4 Å². The molecule has 3 rings (SSSR count). The largest absolute Gasteiger partial charge is 0.506 e. The molecule has 17 heavy (non-hydrogen) atoms. The summed E-state index contributed by atoms with van der Waals surface area (Å²) in [6, 6.07) is 12.7. The van der Waals surface area contributed by atoms with Crippen molar-refractivity contribution in [3.05, 3.63) is 48.7 Å². The van der Waals surface area contributed by atoms with E-state index in [0.717, 1.165) is 10.9 Å². The van der Waals surface area contributed by atoms with Crippen molar-refractivity contribution in [3.63, 3.8) is 0 Å². The molecule has 1 aromatic heterocycles. The summed E-state index contributed by atoms with van der Waals surface area (Å²) < 4.78 is 1.68. The van der Waals surface area contributed by atoms with Gasteiger partial charge in [0.1, 0.15) is 11.4 Å². The summed E-state index contributed by atoms with van der Waals surface area (Å²) in [5.41, 5.74) is 7.97. The van der Waals surface area contributed by atoms with Gasteiger partial charge in [0.05, 0.1) is 11.7 Å². The first-order valence-electron chi connectivity index (χ1n) is 5.27. The Morgan fingerprint density at radius 1 is 1.12 bits per heavy atom. The number of aromatic hydroxyl groups is 1. The third-order valence-electron chi connectivity index (χ3n) is 2.70. The molecule has 0 amide bonds. The van der Waals surface area contributed by atoms with Gasteiger partial charge in [0.2, 0.25) is 0 Å². The van der Waals surface area contributed by atoms with Crippen LogP contribution in [0.3, 0.4) is 0 Å². The maximum absolute atomic E-state index is 9.82. The van der Waals surface area contributed by atoms with Crippen molar-refractivity contribution in [1.29, 1.82) is 0 Å². The zero-order chi connectivity index (χ0) is 11.8. The lowest BCUT2D eigenvalue weighted by molar-refractivity contribution is 0.471. The smallest absolute Gasteiger partial charge is 0.141 e. The molecule has 1 heterocycles. The molecule has 3 N–H and O–H groups in total. The van der Waals surface area contributed by atoms with Gasteiger partial charge in [-0.2, -0.15) is 5.10 Å². The minimum Gasteiger partial charge on any atom is -0.506 e. The zero-order valence-corrected chi connectivity index (χ0v) is 9.04. The minimum atomic E-state index is 0.194. The molecule has 0 bridgehead atoms. The van der Waals surface area contributed by atoms with Crippen LogP contribution < -0.4 is 5.73 Å². The number of hydrogen-bond acceptors (Lipinski definition) is 3. The van der Waals surface area contributed by atoms with Gasteiger partial charge in [0.15, 0.2) is 0 Å². The second-order valence-corrected chi connectivity index (χ2v) is 3.86. The summed E-state index contributed by atoms with van der Waals surface area (Å²) >= 11 is 0. The van der Waals surface area contributed by atoms with Crippen LogP contribution in [0.5, 0.6) is 5.75 Å². The number of nitrogens with zero attached hydrogens (tertiary/aromatic N) is 2. The van der Waals surface area contributed by atoms with Gasteiger partial charge in [-0.15, -0.1) is 0 Å². The molecule has 0 fully saturated rings. The van der Waals surface area contributed by atoms with Gasteiger partial charge in [0.25, 0.3) is 0 Å². The first-order valence-corrected chi connectivity index (χ1v) is 5.27. The number of benzene rings is 2. The Kier molecular flexibility index (Phi) is 2.01. The lowest BCUT2D eigenvalue weighted by Crippen LogP contribution is -1.96. The van der Waals surface area contributed by atoms with Gasteiger partial charge in [-0.05, 0) is 30.3 Å². The summed E-state index contributed by atoms with van der Waals surface area (Å²) in [6.07, 6.45) is 1.75. The van der Waals surface area contributed by atoms with Gasteiger partial charge < -0.3 is 10.8 Å². The van der Waals surface area contributed by atoms with Crippen molar-refractivity contribution < 1.29 is 5.11 Å². The number of para-hydroxylation sites is 2. The highest BCUT2D eigenvalue weighted by atomic mass is 16.3. The van der Waals surface area contributed by atoms with Crippen LogP contribution in [-0.2, 0) is 0 Å². The Bertz CT molecular complexity index is 688. The van der Waals surface area contributed by atoms with E-state index in [1.165, 1.54) is 0 Å². The normalized spacial score (nSPS) is 10.8. The topological polar surface area (TPSA) is 64.1 Å². The molecule has 0 saturated heterocycles. The third-order valence-corrected chi connectivity index (χ3v) is 2.70. The average molecular weight is 225 g/mol. The van der Waals surface area contributed by atoms with E-state index in [1.807, 2.05) is 30.3 Å². The van der Waals surface area contributed by atoms with Crippen LogP contribution in [0.1, 0.15) is 0 Å². The van der Waals surface area contributed by atoms with Crippen LogP contribution in [0.2, 0.25) is 0 Å². The number of nitrogens with two attached hydrogens (primary N) is 1. The van der Waals surface area contributed by atoms with Crippen molar-refractivity contribution in [2.24, 2.45) is 0 Å². The maximum atomic E-state index is 9.82. The van der Waals surface area contributed by atoms with Crippen molar-refractivity contribution in [1.82, 2.24) is 9.78 Å². The molecule has 4 heteroatoms. The molecule has 0 saturated carbocycles. The molecular weight excluding hydrogens is 214 g/mol. The second-order valence-electron chi connectivity index (χ2n) is 3.86. The summed E-state index contributed by atoms with van der Waals surface area (Å²) in [5.74, 6) is 0.194. The Morgan fingerprint density at radius 3 is 2.76 bits per heavy atom. The van der Waals surface area contributed by atoms with Crippen molar-refractivity contribution in [2.75, 3.05) is 5.73 Å². The summed E-state index contributed by atoms with van der Waals surface area (Å²) in [5, 5.41) is 15.1. The molecule has 0 aliphatic rings. The van der Waals surface area contributed by atoms with Crippen LogP contribution in [-0.4, -0.2) is 14.9 Å². The van der Waals surface area contributed by atoms with Gasteiger partial charge in [-0.1, -0.05) is 12.1 Å². The number of phenols is 1.